The molecule has 1 heterocycles. The highest BCUT2D eigenvalue weighted by atomic mass is 32.2. The summed E-state index contributed by atoms with van der Waals surface area (Å²) in [4.78, 5) is 30.1. The first-order chi connectivity index (χ1) is 31.8. The van der Waals surface area contributed by atoms with Gasteiger partial charge in [-0.3, -0.25) is 14.9 Å². The number of methoxy groups -OCH3 is 1. The average molecular weight is 899 g/mol. The summed E-state index contributed by atoms with van der Waals surface area (Å²) in [6, 6.07) is 32.0. The van der Waals surface area contributed by atoms with Crippen LogP contribution in [0.3, 0.4) is 0 Å². The van der Waals surface area contributed by atoms with E-state index in [1.54, 1.807) is 48.2 Å². The smallest absolute Gasteiger partial charge is 0.269 e. The van der Waals surface area contributed by atoms with Crippen molar-refractivity contribution in [1.82, 2.24) is 0 Å². The molecule has 0 amide bonds. The number of thioether (sulfide) groups is 1. The predicted molar refractivity (Wildman–Crippen MR) is 251 cm³/mol. The maximum absolute atomic E-state index is 12.0. The van der Waals surface area contributed by atoms with E-state index >= 15 is 0 Å². The van der Waals surface area contributed by atoms with Crippen molar-refractivity contribution in [1.29, 1.82) is 0 Å². The SMILES string of the molecule is C=CCOC12Oc3ccc(Oc4ccc(OC)c(C=O)c4)cc3C3C(CCCCO)C(CCCCO)C=C(C(=NOCc4ccc([N+](=O)[O-])cc4)CC1Sc1ccc4ccccc4c1)C32. The highest BCUT2D eigenvalue weighted by molar-refractivity contribution is 8.00. The summed E-state index contributed by atoms with van der Waals surface area (Å²) in [7, 11) is 1.52. The predicted octanol–water partition coefficient (Wildman–Crippen LogP) is 11.0. The van der Waals surface area contributed by atoms with Gasteiger partial charge in [0.25, 0.3) is 5.69 Å². The molecule has 1 saturated carbocycles. The number of allylic oxidation sites excluding steroid dienone is 1. The number of rotatable bonds is 21. The van der Waals surface area contributed by atoms with Crippen LogP contribution in [-0.4, -0.2) is 65.1 Å². The number of carbonyl (C=O) groups excluding carboxylic acids is 1. The minimum Gasteiger partial charge on any atom is -0.496 e. The quantitative estimate of drug-likeness (QED) is 0.0237. The van der Waals surface area contributed by atoms with E-state index in [2.05, 4.69) is 43.0 Å². The molecule has 13 heteroatoms. The van der Waals surface area contributed by atoms with E-state index in [1.807, 2.05) is 30.3 Å². The fraction of sp³-hybridized carbons (Fsp3) is 0.346. The van der Waals surface area contributed by atoms with E-state index in [0.29, 0.717) is 47.8 Å². The largest absolute Gasteiger partial charge is 0.496 e. The van der Waals surface area contributed by atoms with Gasteiger partial charge in [0.15, 0.2) is 6.29 Å². The number of hydrogen-bond donors (Lipinski definition) is 2. The van der Waals surface area contributed by atoms with Gasteiger partial charge in [-0.25, -0.2) is 0 Å². The van der Waals surface area contributed by atoms with Gasteiger partial charge in [0, 0.05) is 48.1 Å². The van der Waals surface area contributed by atoms with Crippen molar-refractivity contribution in [2.24, 2.45) is 22.9 Å². The molecule has 8 rings (SSSR count). The van der Waals surface area contributed by atoms with E-state index in [-0.39, 0.29) is 55.1 Å². The van der Waals surface area contributed by atoms with Crippen molar-refractivity contribution in [2.45, 2.75) is 73.4 Å². The van der Waals surface area contributed by atoms with Crippen molar-refractivity contribution < 1.29 is 43.7 Å². The highest BCUT2D eigenvalue weighted by Gasteiger charge is 2.64. The molecule has 0 aromatic heterocycles. The van der Waals surface area contributed by atoms with Crippen molar-refractivity contribution >= 4 is 40.2 Å². The van der Waals surface area contributed by atoms with Crippen LogP contribution in [-0.2, 0) is 16.2 Å². The van der Waals surface area contributed by atoms with Crippen molar-refractivity contribution in [3.63, 3.8) is 0 Å². The number of hydrogen-bond acceptors (Lipinski definition) is 12. The summed E-state index contributed by atoms with van der Waals surface area (Å²) in [5, 5.41) is 38.1. The molecule has 2 aliphatic carbocycles. The number of nitrogens with zero attached hydrogens (tertiary/aromatic N) is 2. The zero-order valence-electron chi connectivity index (χ0n) is 36.4. The van der Waals surface area contributed by atoms with Crippen LogP contribution >= 0.6 is 11.8 Å². The van der Waals surface area contributed by atoms with Crippen LogP contribution in [0.2, 0.25) is 0 Å². The summed E-state index contributed by atoms with van der Waals surface area (Å²) in [6.45, 7) is 4.55. The van der Waals surface area contributed by atoms with E-state index < -0.39 is 16.6 Å². The number of aliphatic hydroxyl groups excluding tert-OH is 2. The Labute approximate surface area is 383 Å². The Morgan fingerprint density at radius 3 is 2.42 bits per heavy atom. The number of benzene rings is 5. The molecule has 0 bridgehead atoms. The van der Waals surface area contributed by atoms with Gasteiger partial charge >= 0.3 is 0 Å². The number of carbonyl (C=O) groups is 1. The average Bonchev–Trinajstić information content (AvgIpc) is 3.32. The lowest BCUT2D eigenvalue weighted by Gasteiger charge is -2.58. The molecule has 5 aromatic rings. The van der Waals surface area contributed by atoms with Gasteiger partial charge in [0.1, 0.15) is 29.6 Å². The van der Waals surface area contributed by atoms with Crippen molar-refractivity contribution in [3.8, 4) is 23.0 Å². The van der Waals surface area contributed by atoms with Crippen LogP contribution in [0.4, 0.5) is 5.69 Å². The van der Waals surface area contributed by atoms with Crippen LogP contribution in [0.5, 0.6) is 23.0 Å². The molecule has 12 nitrogen and oxygen atoms in total. The molecule has 0 saturated heterocycles. The zero-order chi connectivity index (χ0) is 45.3. The first-order valence-electron chi connectivity index (χ1n) is 22.2. The highest BCUT2D eigenvalue weighted by Crippen LogP contribution is 2.63. The Morgan fingerprint density at radius 2 is 1.68 bits per heavy atom. The molecular weight excluding hydrogens is 845 g/mol. The lowest BCUT2D eigenvalue weighted by molar-refractivity contribution is -0.384. The monoisotopic (exact) mass is 898 g/mol. The Hall–Kier alpha value is -5.99. The van der Waals surface area contributed by atoms with Crippen LogP contribution in [0.15, 0.2) is 137 Å². The van der Waals surface area contributed by atoms with Gasteiger partial charge in [0.05, 0.1) is 41.1 Å². The molecule has 0 spiro atoms. The van der Waals surface area contributed by atoms with Gasteiger partial charge in [-0.15, -0.1) is 18.3 Å². The summed E-state index contributed by atoms with van der Waals surface area (Å²) in [5.41, 5.74) is 3.78. The molecule has 1 aliphatic heterocycles. The number of non-ortho nitro benzene ring substituents is 1. The van der Waals surface area contributed by atoms with Gasteiger partial charge in [-0.1, -0.05) is 60.5 Å². The standard InChI is InChI=1S/C52H54N2O10S/c1-3-26-61-52-49(65-42-21-16-35-10-4-5-11-36(35)28-42)31-46(53-62-33-34-14-17-39(18-15-34)54(58)59)44-29-37(12-6-8-24-55)43(13-7-9-25-56)50(51(44)52)45-30-41(20-23-48(45)64-52)63-40-19-22-47(60-2)38(27-40)32-57/h3-5,10-11,14-23,27-30,32,37,43,49-51,55-56H,1,6-9,12-13,24-26,31,33H2,2H3. The molecule has 5 aromatic carbocycles. The maximum Gasteiger partial charge on any atom is 0.269 e. The van der Waals surface area contributed by atoms with Gasteiger partial charge in [-0.05, 0) is 120 Å². The van der Waals surface area contributed by atoms with Gasteiger partial charge in [0.2, 0.25) is 5.79 Å². The summed E-state index contributed by atoms with van der Waals surface area (Å²) >= 11 is 1.68. The fourth-order valence-corrected chi connectivity index (χ4v) is 11.1. The lowest BCUT2D eigenvalue weighted by atomic mass is 9.56. The third-order valence-corrected chi connectivity index (χ3v) is 14.0. The van der Waals surface area contributed by atoms with Crippen LogP contribution in [0, 0.1) is 27.9 Å². The molecule has 65 heavy (non-hydrogen) atoms. The number of oxime groups is 1. The second-order valence-corrected chi connectivity index (χ2v) is 18.0. The molecule has 0 radical (unpaired) electrons. The van der Waals surface area contributed by atoms with E-state index in [1.165, 1.54) is 19.2 Å². The second kappa shape index (κ2) is 20.9. The number of unbranched alkanes of at least 4 members (excludes halogenated alkanes) is 2. The van der Waals surface area contributed by atoms with Gasteiger partial charge in [-0.2, -0.15) is 0 Å². The first-order valence-corrected chi connectivity index (χ1v) is 23.1. The van der Waals surface area contributed by atoms with E-state index in [0.717, 1.165) is 70.0 Å². The number of aliphatic hydroxyl groups is 2. The van der Waals surface area contributed by atoms with Crippen molar-refractivity contribution in [2.75, 3.05) is 26.9 Å². The molecular formula is C52H54N2O10S. The zero-order valence-corrected chi connectivity index (χ0v) is 37.2. The molecule has 6 unspecified atom stereocenters. The number of nitro groups is 1. The molecule has 6 atom stereocenters. The van der Waals surface area contributed by atoms with Crippen LogP contribution < -0.4 is 14.2 Å². The number of ether oxygens (including phenoxy) is 4. The van der Waals surface area contributed by atoms with Gasteiger partial charge < -0.3 is 34.0 Å². The third kappa shape index (κ3) is 9.84. The third-order valence-electron chi connectivity index (χ3n) is 12.7. The Bertz CT molecular complexity index is 2560. The topological polar surface area (TPSA) is 159 Å². The fourth-order valence-electron chi connectivity index (χ4n) is 9.80. The first kappa shape index (κ1) is 45.6. The summed E-state index contributed by atoms with van der Waals surface area (Å²) < 4.78 is 26.4. The lowest BCUT2D eigenvalue weighted by Crippen LogP contribution is -2.64. The normalized spacial score (nSPS) is 22.5. The number of aldehydes is 1. The van der Waals surface area contributed by atoms with Crippen molar-refractivity contribution in [3.05, 3.63) is 154 Å². The Kier molecular flexibility index (Phi) is 14.6. The Balaban J connectivity index is 1.29. The summed E-state index contributed by atoms with van der Waals surface area (Å²) in [5.74, 6) is 0.487. The minimum atomic E-state index is -1.21. The second-order valence-electron chi connectivity index (χ2n) is 16.7. The molecule has 1 fully saturated rings. The maximum atomic E-state index is 12.0. The van der Waals surface area contributed by atoms with E-state index in [4.69, 9.17) is 28.9 Å². The van der Waals surface area contributed by atoms with E-state index in [9.17, 15) is 25.1 Å². The Morgan fingerprint density at radius 1 is 0.923 bits per heavy atom. The number of fused-ring (bicyclic) bond motifs is 3. The minimum absolute atomic E-state index is 0.00296. The van der Waals surface area contributed by atoms with Crippen LogP contribution in [0.25, 0.3) is 10.8 Å². The number of nitro benzene ring substituents is 1. The molecule has 338 valence electrons. The molecule has 2 N–H and O–H groups in total. The van der Waals surface area contributed by atoms with Crippen LogP contribution in [0.1, 0.15) is 72.3 Å². The molecule has 3 aliphatic rings. The summed E-state index contributed by atoms with van der Waals surface area (Å²) in [6.07, 6.45) is 9.80.